The molecule has 0 bridgehead atoms. The lowest BCUT2D eigenvalue weighted by molar-refractivity contribution is 0.0936. The van der Waals surface area contributed by atoms with Crippen LogP contribution in [0.4, 0.5) is 4.39 Å². The Morgan fingerprint density at radius 1 is 1.23 bits per heavy atom. The average molecular weight is 404 g/mol. The molecule has 152 valence electrons. The Bertz CT molecular complexity index is 1040. The van der Waals surface area contributed by atoms with Crippen LogP contribution in [-0.4, -0.2) is 51.6 Å². The zero-order chi connectivity index (χ0) is 20.5. The highest BCUT2D eigenvalue weighted by molar-refractivity contribution is 5.97. The number of hydrogen-bond acceptors (Lipinski definition) is 6. The molecule has 0 aliphatic carbocycles. The van der Waals surface area contributed by atoms with Gasteiger partial charge in [0.2, 0.25) is 0 Å². The number of carbonyl (C=O) groups is 1. The highest BCUT2D eigenvalue weighted by Crippen LogP contribution is 2.34. The molecular formula is C22H21FN6O. The summed E-state index contributed by atoms with van der Waals surface area (Å²) in [5.41, 5.74) is 1.45. The predicted molar refractivity (Wildman–Crippen MR) is 111 cm³/mol. The number of likely N-dealkylation sites (tertiary alicyclic amines) is 1. The predicted octanol–water partition coefficient (Wildman–Crippen LogP) is 2.71. The molecule has 2 aromatic rings. The molecule has 0 saturated carbocycles. The van der Waals surface area contributed by atoms with Gasteiger partial charge in [-0.15, -0.1) is 0 Å². The first kappa shape index (κ1) is 18.5. The number of fused-ring (bicyclic) bond motifs is 1. The van der Waals surface area contributed by atoms with Crippen LogP contribution in [0.2, 0.25) is 0 Å². The number of halogens is 1. The number of aromatic nitrogens is 1. The van der Waals surface area contributed by atoms with Crippen LogP contribution in [0.25, 0.3) is 0 Å². The Morgan fingerprint density at radius 2 is 2.17 bits per heavy atom. The standard InChI is InChI=1S/C22H21FN6O/c23-17-6-1-4-15(12-17)19-7-3-10-28(19)20-8-11-29-21(27-20)18(14-25-29)26-22(30)16-5-2-9-24-13-16/h1-2,4-6,8-9,11-14,18-19,21H,3,7,10H2,(H,26,30)/t18?,19-,21?/m1/s1. The first-order chi connectivity index (χ1) is 14.7. The van der Waals surface area contributed by atoms with E-state index in [2.05, 4.69) is 20.3 Å². The number of rotatable bonds is 3. The van der Waals surface area contributed by atoms with Crippen molar-refractivity contribution in [3.05, 3.63) is 78.0 Å². The molecule has 1 saturated heterocycles. The minimum atomic E-state index is -0.354. The minimum Gasteiger partial charge on any atom is -0.350 e. The molecule has 3 aliphatic heterocycles. The van der Waals surface area contributed by atoms with Gasteiger partial charge in [-0.05, 0) is 48.7 Å². The Labute approximate surface area is 173 Å². The van der Waals surface area contributed by atoms with E-state index < -0.39 is 0 Å². The summed E-state index contributed by atoms with van der Waals surface area (Å²) in [4.78, 5) is 23.6. The minimum absolute atomic E-state index is 0.0846. The van der Waals surface area contributed by atoms with Crippen LogP contribution in [0, 0.1) is 5.82 Å². The number of nitrogens with zero attached hydrogens (tertiary/aromatic N) is 5. The van der Waals surface area contributed by atoms with Crippen LogP contribution in [0.3, 0.4) is 0 Å². The molecule has 2 unspecified atom stereocenters. The molecule has 1 aromatic carbocycles. The van der Waals surface area contributed by atoms with Crippen molar-refractivity contribution in [1.82, 2.24) is 20.2 Å². The van der Waals surface area contributed by atoms with Crippen LogP contribution < -0.4 is 5.32 Å². The van der Waals surface area contributed by atoms with E-state index in [4.69, 9.17) is 4.99 Å². The summed E-state index contributed by atoms with van der Waals surface area (Å²) in [6.45, 7) is 0.852. The van der Waals surface area contributed by atoms with Crippen LogP contribution in [0.1, 0.15) is 34.8 Å². The van der Waals surface area contributed by atoms with E-state index in [9.17, 15) is 9.18 Å². The molecule has 3 atom stereocenters. The summed E-state index contributed by atoms with van der Waals surface area (Å²) in [5.74, 6) is 0.384. The van der Waals surface area contributed by atoms with Crippen LogP contribution in [0.15, 0.2) is 71.2 Å². The van der Waals surface area contributed by atoms with Crippen molar-refractivity contribution >= 4 is 18.0 Å². The molecule has 3 aliphatic rings. The van der Waals surface area contributed by atoms with Crippen molar-refractivity contribution in [2.45, 2.75) is 31.1 Å². The van der Waals surface area contributed by atoms with Crippen molar-refractivity contribution in [3.8, 4) is 0 Å². The highest BCUT2D eigenvalue weighted by atomic mass is 19.1. The monoisotopic (exact) mass is 404 g/mol. The molecule has 1 N–H and O–H groups in total. The van der Waals surface area contributed by atoms with E-state index in [1.54, 1.807) is 41.7 Å². The Kier molecular flexibility index (Phi) is 4.74. The summed E-state index contributed by atoms with van der Waals surface area (Å²) >= 11 is 0. The largest absolute Gasteiger partial charge is 0.350 e. The molecule has 30 heavy (non-hydrogen) atoms. The number of benzene rings is 1. The summed E-state index contributed by atoms with van der Waals surface area (Å²) in [5, 5.41) is 9.07. The number of carbonyl (C=O) groups excluding carboxylic acids is 1. The Morgan fingerprint density at radius 3 is 3.00 bits per heavy atom. The zero-order valence-corrected chi connectivity index (χ0v) is 16.2. The van der Waals surface area contributed by atoms with Crippen LogP contribution >= 0.6 is 0 Å². The molecule has 5 rings (SSSR count). The Balaban J connectivity index is 1.35. The molecule has 7 nitrogen and oxygen atoms in total. The van der Waals surface area contributed by atoms with Gasteiger partial charge in [-0.2, -0.15) is 5.10 Å². The van der Waals surface area contributed by atoms with Crippen molar-refractivity contribution in [2.24, 2.45) is 10.1 Å². The first-order valence-corrected chi connectivity index (χ1v) is 10.0. The SMILES string of the molecule is O=C(NC1C=NN2C=CC(N3CCC[C@@H]3c3cccc(F)c3)=NC12)c1cccnc1. The second-order valence-electron chi connectivity index (χ2n) is 7.51. The van der Waals surface area contributed by atoms with Gasteiger partial charge >= 0.3 is 0 Å². The number of aliphatic imine (C=N–C) groups is 1. The number of pyridine rings is 1. The fourth-order valence-corrected chi connectivity index (χ4v) is 4.16. The molecule has 1 aromatic heterocycles. The smallest absolute Gasteiger partial charge is 0.253 e. The quantitative estimate of drug-likeness (QED) is 0.854. The first-order valence-electron chi connectivity index (χ1n) is 10.0. The number of amidine groups is 1. The van der Waals surface area contributed by atoms with E-state index in [0.717, 1.165) is 30.8 Å². The van der Waals surface area contributed by atoms with Gasteiger partial charge in [-0.25, -0.2) is 14.4 Å². The second kappa shape index (κ2) is 7.70. The number of hydrazone groups is 1. The summed E-state index contributed by atoms with van der Waals surface area (Å²) < 4.78 is 13.7. The van der Waals surface area contributed by atoms with Gasteiger partial charge in [0.1, 0.15) is 17.7 Å². The third-order valence-electron chi connectivity index (χ3n) is 5.60. The summed E-state index contributed by atoms with van der Waals surface area (Å²) in [6, 6.07) is 9.94. The fraction of sp³-hybridized carbons (Fsp3) is 0.273. The number of nitrogens with one attached hydrogen (secondary N) is 1. The molecule has 4 heterocycles. The molecule has 0 spiro atoms. The molecule has 0 radical (unpaired) electrons. The van der Waals surface area contributed by atoms with Gasteiger partial charge in [0.05, 0.1) is 17.8 Å². The molecular weight excluding hydrogens is 383 g/mol. The lowest BCUT2D eigenvalue weighted by atomic mass is 10.0. The van der Waals surface area contributed by atoms with Gasteiger partial charge in [0, 0.05) is 25.1 Å². The van der Waals surface area contributed by atoms with Gasteiger partial charge in [-0.1, -0.05) is 12.1 Å². The molecule has 1 fully saturated rings. The normalized spacial score (nSPS) is 24.7. The van der Waals surface area contributed by atoms with Crippen molar-refractivity contribution in [3.63, 3.8) is 0 Å². The van der Waals surface area contributed by atoms with Crippen molar-refractivity contribution in [2.75, 3.05) is 6.54 Å². The molecule has 1 amide bonds. The average Bonchev–Trinajstić information content (AvgIpc) is 3.41. The van der Waals surface area contributed by atoms with Crippen molar-refractivity contribution < 1.29 is 9.18 Å². The zero-order valence-electron chi connectivity index (χ0n) is 16.2. The topological polar surface area (TPSA) is 73.2 Å². The van der Waals surface area contributed by atoms with Gasteiger partial charge in [0.25, 0.3) is 5.91 Å². The Hall–Kier alpha value is -3.55. The fourth-order valence-electron chi connectivity index (χ4n) is 4.16. The third-order valence-corrected chi connectivity index (χ3v) is 5.60. The van der Waals surface area contributed by atoms with Crippen molar-refractivity contribution in [1.29, 1.82) is 0 Å². The van der Waals surface area contributed by atoms with Crippen LogP contribution in [-0.2, 0) is 0 Å². The lowest BCUT2D eigenvalue weighted by Crippen LogP contribution is -2.47. The summed E-state index contributed by atoms with van der Waals surface area (Å²) in [7, 11) is 0. The van der Waals surface area contributed by atoms with E-state index in [-0.39, 0.29) is 30.0 Å². The number of amides is 1. The second-order valence-corrected chi connectivity index (χ2v) is 7.51. The summed E-state index contributed by atoms with van der Waals surface area (Å²) in [6.07, 6.45) is 10.3. The maximum atomic E-state index is 13.7. The number of hydrogen-bond donors (Lipinski definition) is 1. The highest BCUT2D eigenvalue weighted by Gasteiger charge is 2.36. The van der Waals surface area contributed by atoms with E-state index in [0.29, 0.717) is 5.56 Å². The van der Waals surface area contributed by atoms with Gasteiger partial charge in [-0.3, -0.25) is 9.78 Å². The molecule has 8 heteroatoms. The maximum absolute atomic E-state index is 13.7. The van der Waals surface area contributed by atoms with Gasteiger partial charge < -0.3 is 10.2 Å². The lowest BCUT2D eigenvalue weighted by Gasteiger charge is -2.32. The maximum Gasteiger partial charge on any atom is 0.253 e. The van der Waals surface area contributed by atoms with Gasteiger partial charge in [0.15, 0.2) is 6.17 Å². The van der Waals surface area contributed by atoms with E-state index in [1.807, 2.05) is 18.3 Å². The third kappa shape index (κ3) is 3.45. The van der Waals surface area contributed by atoms with E-state index >= 15 is 0 Å². The van der Waals surface area contributed by atoms with E-state index in [1.165, 1.54) is 12.3 Å². The van der Waals surface area contributed by atoms with Crippen LogP contribution in [0.5, 0.6) is 0 Å².